The summed E-state index contributed by atoms with van der Waals surface area (Å²) in [5.41, 5.74) is 7.79. The number of rotatable bonds is 6. The van der Waals surface area contributed by atoms with Gasteiger partial charge in [-0.25, -0.2) is 14.8 Å². The Bertz CT molecular complexity index is 959. The maximum atomic E-state index is 11.9. The summed E-state index contributed by atoms with van der Waals surface area (Å²) in [5.74, 6) is 1.01. The molecule has 2 fully saturated rings. The SMILES string of the molecule is CNC(=O)NC1CCCN(c2cnc(C(N)=O)c(Nc3ccc(C4CC4)cc3)n2)C1C. The Hall–Kier alpha value is -3.36. The van der Waals surface area contributed by atoms with Gasteiger partial charge in [0, 0.05) is 25.3 Å². The zero-order valence-electron chi connectivity index (χ0n) is 17.9. The first-order chi connectivity index (χ1) is 15.0. The van der Waals surface area contributed by atoms with E-state index in [1.807, 2.05) is 19.1 Å². The van der Waals surface area contributed by atoms with Crippen molar-refractivity contribution in [2.45, 2.75) is 50.6 Å². The Kier molecular flexibility index (Phi) is 5.92. The van der Waals surface area contributed by atoms with Crippen molar-refractivity contribution in [3.8, 4) is 0 Å². The fourth-order valence-electron chi connectivity index (χ4n) is 4.08. The predicted octanol–water partition coefficient (Wildman–Crippen LogP) is 2.48. The number of aromatic nitrogens is 2. The van der Waals surface area contributed by atoms with Crippen molar-refractivity contribution in [1.82, 2.24) is 20.6 Å². The summed E-state index contributed by atoms with van der Waals surface area (Å²) in [5, 5.41) is 8.80. The minimum Gasteiger partial charge on any atom is -0.364 e. The molecule has 1 aromatic carbocycles. The van der Waals surface area contributed by atoms with Crippen molar-refractivity contribution < 1.29 is 9.59 Å². The van der Waals surface area contributed by atoms with Gasteiger partial charge in [0.05, 0.1) is 12.2 Å². The molecule has 1 aromatic heterocycles. The van der Waals surface area contributed by atoms with Gasteiger partial charge in [-0.3, -0.25) is 4.79 Å². The highest BCUT2D eigenvalue weighted by Gasteiger charge is 2.30. The Labute approximate surface area is 181 Å². The Morgan fingerprint density at radius 2 is 1.90 bits per heavy atom. The average molecular weight is 424 g/mol. The fraction of sp³-hybridized carbons (Fsp3) is 0.455. The van der Waals surface area contributed by atoms with E-state index in [1.165, 1.54) is 18.4 Å². The maximum Gasteiger partial charge on any atom is 0.314 e. The van der Waals surface area contributed by atoms with E-state index < -0.39 is 5.91 Å². The normalized spacial score (nSPS) is 20.8. The van der Waals surface area contributed by atoms with Crippen LogP contribution >= 0.6 is 0 Å². The van der Waals surface area contributed by atoms with E-state index in [-0.39, 0.29) is 23.8 Å². The molecule has 4 rings (SSSR count). The van der Waals surface area contributed by atoms with Crippen LogP contribution in [0.4, 0.5) is 22.1 Å². The molecule has 5 N–H and O–H groups in total. The third-order valence-corrected chi connectivity index (χ3v) is 6.04. The van der Waals surface area contributed by atoms with Crippen LogP contribution in [0.25, 0.3) is 0 Å². The molecule has 1 saturated heterocycles. The van der Waals surface area contributed by atoms with Crippen molar-refractivity contribution in [3.05, 3.63) is 41.7 Å². The Morgan fingerprint density at radius 3 is 2.55 bits per heavy atom. The number of anilines is 3. The number of amides is 3. The second kappa shape index (κ2) is 8.79. The van der Waals surface area contributed by atoms with Crippen LogP contribution in [-0.2, 0) is 0 Å². The summed E-state index contributed by atoms with van der Waals surface area (Å²) >= 11 is 0. The fourth-order valence-corrected chi connectivity index (χ4v) is 4.08. The Balaban J connectivity index is 1.57. The number of urea groups is 1. The molecular weight excluding hydrogens is 394 g/mol. The molecular formula is C22H29N7O2. The second-order valence-corrected chi connectivity index (χ2v) is 8.22. The van der Waals surface area contributed by atoms with Crippen LogP contribution < -0.4 is 26.6 Å². The van der Waals surface area contributed by atoms with Crippen molar-refractivity contribution in [1.29, 1.82) is 0 Å². The van der Waals surface area contributed by atoms with Gasteiger partial charge >= 0.3 is 6.03 Å². The van der Waals surface area contributed by atoms with Crippen molar-refractivity contribution in [2.75, 3.05) is 23.8 Å². The molecule has 2 atom stereocenters. The third-order valence-electron chi connectivity index (χ3n) is 6.04. The highest BCUT2D eigenvalue weighted by atomic mass is 16.2. The largest absolute Gasteiger partial charge is 0.364 e. The predicted molar refractivity (Wildman–Crippen MR) is 120 cm³/mol. The Morgan fingerprint density at radius 1 is 1.16 bits per heavy atom. The number of nitrogens with one attached hydrogen (secondary N) is 3. The molecule has 1 aliphatic heterocycles. The van der Waals surface area contributed by atoms with Crippen molar-refractivity contribution >= 4 is 29.3 Å². The molecule has 2 aromatic rings. The molecule has 2 aliphatic rings. The lowest BCUT2D eigenvalue weighted by Gasteiger charge is -2.40. The zero-order valence-corrected chi connectivity index (χ0v) is 17.9. The number of hydrogen-bond acceptors (Lipinski definition) is 6. The minimum absolute atomic E-state index is 0.0160. The minimum atomic E-state index is -0.637. The van der Waals surface area contributed by atoms with Crippen LogP contribution in [0.3, 0.4) is 0 Å². The van der Waals surface area contributed by atoms with E-state index in [0.29, 0.717) is 17.6 Å². The first-order valence-corrected chi connectivity index (χ1v) is 10.7. The topological polar surface area (TPSA) is 125 Å². The lowest BCUT2D eigenvalue weighted by Crippen LogP contribution is -2.55. The monoisotopic (exact) mass is 423 g/mol. The van der Waals surface area contributed by atoms with Crippen LogP contribution in [0.2, 0.25) is 0 Å². The van der Waals surface area contributed by atoms with Gasteiger partial charge in [-0.1, -0.05) is 12.1 Å². The molecule has 1 saturated carbocycles. The van der Waals surface area contributed by atoms with Crippen molar-refractivity contribution in [2.24, 2.45) is 5.73 Å². The number of hydrogen-bond donors (Lipinski definition) is 4. The van der Waals surface area contributed by atoms with E-state index in [1.54, 1.807) is 13.2 Å². The number of piperidine rings is 1. The molecule has 2 heterocycles. The smallest absolute Gasteiger partial charge is 0.314 e. The van der Waals surface area contributed by atoms with Crippen molar-refractivity contribution in [3.63, 3.8) is 0 Å². The van der Waals surface area contributed by atoms with E-state index in [2.05, 4.69) is 38.0 Å². The third kappa shape index (κ3) is 4.70. The molecule has 164 valence electrons. The summed E-state index contributed by atoms with van der Waals surface area (Å²) in [6.07, 6.45) is 5.85. The first-order valence-electron chi connectivity index (χ1n) is 10.7. The van der Waals surface area contributed by atoms with E-state index in [4.69, 9.17) is 10.7 Å². The zero-order chi connectivity index (χ0) is 22.0. The van der Waals surface area contributed by atoms with Gasteiger partial charge in [0.2, 0.25) is 0 Å². The molecule has 0 bridgehead atoms. The van der Waals surface area contributed by atoms with Crippen LogP contribution in [0.15, 0.2) is 30.5 Å². The standard InChI is InChI=1S/C22H29N7O2/c1-13-17(27-22(31)24-2)4-3-11-29(13)18-12-25-19(20(23)30)21(28-18)26-16-9-7-15(8-10-16)14-5-6-14/h7-10,12-14,17H,3-6,11H2,1-2H3,(H2,23,30)(H,26,28)(H2,24,27,31). The summed E-state index contributed by atoms with van der Waals surface area (Å²) in [7, 11) is 1.60. The molecule has 9 heteroatoms. The van der Waals surface area contributed by atoms with Crippen LogP contribution in [0.1, 0.15) is 54.6 Å². The molecule has 31 heavy (non-hydrogen) atoms. The number of nitrogens with zero attached hydrogens (tertiary/aromatic N) is 3. The average Bonchev–Trinajstić information content (AvgIpc) is 3.61. The van der Waals surface area contributed by atoms with Crippen LogP contribution in [0.5, 0.6) is 0 Å². The van der Waals surface area contributed by atoms with Gasteiger partial charge in [-0.05, 0) is 56.2 Å². The summed E-state index contributed by atoms with van der Waals surface area (Å²) in [6.45, 7) is 2.83. The van der Waals surface area contributed by atoms with Crippen LogP contribution in [0, 0.1) is 0 Å². The second-order valence-electron chi connectivity index (χ2n) is 8.22. The van der Waals surface area contributed by atoms with Gasteiger partial charge in [-0.15, -0.1) is 0 Å². The number of primary amides is 1. The number of carbonyl (C=O) groups is 2. The summed E-state index contributed by atoms with van der Waals surface area (Å²) < 4.78 is 0. The number of nitrogens with two attached hydrogens (primary N) is 1. The van der Waals surface area contributed by atoms with Gasteiger partial charge < -0.3 is 26.6 Å². The molecule has 3 amide bonds. The van der Waals surface area contributed by atoms with Gasteiger partial charge in [-0.2, -0.15) is 0 Å². The number of benzene rings is 1. The lowest BCUT2D eigenvalue weighted by molar-refractivity contribution is 0.0996. The summed E-state index contributed by atoms with van der Waals surface area (Å²) in [4.78, 5) is 34.8. The summed E-state index contributed by atoms with van der Waals surface area (Å²) in [6, 6.07) is 7.97. The highest BCUT2D eigenvalue weighted by Crippen LogP contribution is 2.40. The molecule has 0 spiro atoms. The molecule has 9 nitrogen and oxygen atoms in total. The quantitative estimate of drug-likeness (QED) is 0.566. The molecule has 2 unspecified atom stereocenters. The lowest BCUT2D eigenvalue weighted by atomic mass is 9.97. The number of carbonyl (C=O) groups excluding carboxylic acids is 2. The maximum absolute atomic E-state index is 11.9. The van der Waals surface area contributed by atoms with Gasteiger partial charge in [0.25, 0.3) is 5.91 Å². The highest BCUT2D eigenvalue weighted by molar-refractivity contribution is 5.96. The molecule has 0 radical (unpaired) electrons. The van der Waals surface area contributed by atoms with E-state index in [9.17, 15) is 9.59 Å². The van der Waals surface area contributed by atoms with E-state index in [0.717, 1.165) is 25.1 Å². The van der Waals surface area contributed by atoms with Gasteiger partial charge in [0.1, 0.15) is 5.82 Å². The first kappa shape index (κ1) is 20.9. The van der Waals surface area contributed by atoms with Crippen LogP contribution in [-0.4, -0.2) is 47.6 Å². The van der Waals surface area contributed by atoms with E-state index >= 15 is 0 Å². The molecule has 1 aliphatic carbocycles. The van der Waals surface area contributed by atoms with Gasteiger partial charge in [0.15, 0.2) is 11.5 Å².